The van der Waals surface area contributed by atoms with Gasteiger partial charge in [0.25, 0.3) is 5.91 Å². The van der Waals surface area contributed by atoms with Gasteiger partial charge in [-0.1, -0.05) is 12.1 Å². The molecule has 0 radical (unpaired) electrons. The Morgan fingerprint density at radius 2 is 1.85 bits per heavy atom. The van der Waals surface area contributed by atoms with Crippen LogP contribution in [0.1, 0.15) is 34.3 Å². The molecule has 146 valence electrons. The summed E-state index contributed by atoms with van der Waals surface area (Å²) in [5, 5.41) is 4.04. The predicted octanol–water partition coefficient (Wildman–Crippen LogP) is 3.18. The molecule has 0 aliphatic carbocycles. The van der Waals surface area contributed by atoms with E-state index in [9.17, 15) is 18.0 Å². The Kier molecular flexibility index (Phi) is 5.55. The fraction of sp³-hybridized carbons (Fsp3) is 0.474. The normalized spacial score (nSPS) is 16.5. The molecule has 1 saturated heterocycles. The number of aromatic nitrogens is 2. The third kappa shape index (κ3) is 4.68. The number of benzene rings is 1. The van der Waals surface area contributed by atoms with Gasteiger partial charge >= 0.3 is 6.18 Å². The molecular weight excluding hydrogens is 357 g/mol. The molecule has 0 unspecified atom stereocenters. The third-order valence-corrected chi connectivity index (χ3v) is 5.06. The van der Waals surface area contributed by atoms with Gasteiger partial charge in [0.1, 0.15) is 0 Å². The molecule has 2 aromatic rings. The van der Waals surface area contributed by atoms with E-state index < -0.39 is 11.7 Å². The van der Waals surface area contributed by atoms with E-state index in [-0.39, 0.29) is 11.9 Å². The molecule has 1 fully saturated rings. The molecule has 1 aliphatic rings. The molecule has 0 spiro atoms. The van der Waals surface area contributed by atoms with Crippen LogP contribution in [-0.2, 0) is 19.8 Å². The van der Waals surface area contributed by atoms with Crippen LogP contribution in [-0.4, -0.2) is 51.7 Å². The summed E-state index contributed by atoms with van der Waals surface area (Å²) in [6.45, 7) is 2.22. The second kappa shape index (κ2) is 7.72. The van der Waals surface area contributed by atoms with Crippen LogP contribution in [0.15, 0.2) is 36.7 Å². The van der Waals surface area contributed by atoms with Crippen LogP contribution < -0.4 is 0 Å². The number of hydrogen-bond donors (Lipinski definition) is 0. The van der Waals surface area contributed by atoms with Crippen molar-refractivity contribution in [1.29, 1.82) is 0 Å². The van der Waals surface area contributed by atoms with Crippen LogP contribution in [0.4, 0.5) is 13.2 Å². The van der Waals surface area contributed by atoms with E-state index in [0.717, 1.165) is 43.6 Å². The maximum Gasteiger partial charge on any atom is 0.416 e. The lowest BCUT2D eigenvalue weighted by Gasteiger charge is -2.36. The van der Waals surface area contributed by atoms with Gasteiger partial charge in [-0.3, -0.25) is 14.4 Å². The van der Waals surface area contributed by atoms with Gasteiger partial charge in [-0.05, 0) is 30.5 Å². The highest BCUT2D eigenvalue weighted by atomic mass is 19.4. The van der Waals surface area contributed by atoms with Crippen molar-refractivity contribution in [3.05, 3.63) is 53.3 Å². The number of carbonyl (C=O) groups is 1. The highest BCUT2D eigenvalue weighted by Gasteiger charge is 2.30. The third-order valence-electron chi connectivity index (χ3n) is 5.06. The number of halogens is 3. The second-order valence-corrected chi connectivity index (χ2v) is 7.02. The number of hydrogen-bond acceptors (Lipinski definition) is 3. The van der Waals surface area contributed by atoms with E-state index in [0.29, 0.717) is 12.1 Å². The summed E-state index contributed by atoms with van der Waals surface area (Å²) in [4.78, 5) is 16.5. The fourth-order valence-corrected chi connectivity index (χ4v) is 3.42. The molecule has 2 heterocycles. The lowest BCUT2D eigenvalue weighted by atomic mass is 10.0. The largest absolute Gasteiger partial charge is 0.416 e. The zero-order chi connectivity index (χ0) is 19.6. The molecule has 0 N–H and O–H groups in total. The summed E-state index contributed by atoms with van der Waals surface area (Å²) in [5.74, 6) is -0.0377. The van der Waals surface area contributed by atoms with Crippen molar-refractivity contribution in [2.75, 3.05) is 20.1 Å². The lowest BCUT2D eigenvalue weighted by molar-refractivity contribution is -0.137. The van der Waals surface area contributed by atoms with Crippen LogP contribution >= 0.6 is 0 Å². The molecule has 8 heteroatoms. The Bertz CT molecular complexity index is 777. The maximum absolute atomic E-state index is 12.6. The van der Waals surface area contributed by atoms with Crippen molar-refractivity contribution in [3.8, 4) is 0 Å². The zero-order valence-electron chi connectivity index (χ0n) is 15.4. The first-order chi connectivity index (χ1) is 12.7. The SMILES string of the molecule is CN(C(=O)c1cnn(C)c1)C1CCN(Cc2ccc(C(F)(F)F)cc2)CC1. The molecule has 0 bridgehead atoms. The molecule has 1 aromatic carbocycles. The van der Waals surface area contributed by atoms with Crippen molar-refractivity contribution in [3.63, 3.8) is 0 Å². The Labute approximate surface area is 156 Å². The molecular formula is C19H23F3N4O. The number of rotatable bonds is 4. The summed E-state index contributed by atoms with van der Waals surface area (Å²) in [7, 11) is 3.59. The van der Waals surface area contributed by atoms with E-state index in [4.69, 9.17) is 0 Å². The summed E-state index contributed by atoms with van der Waals surface area (Å²) in [6.07, 6.45) is 0.645. The van der Waals surface area contributed by atoms with E-state index in [1.54, 1.807) is 29.0 Å². The first-order valence-corrected chi connectivity index (χ1v) is 8.88. The second-order valence-electron chi connectivity index (χ2n) is 7.02. The highest BCUT2D eigenvalue weighted by molar-refractivity contribution is 5.93. The standard InChI is InChI=1S/C19H23F3N4O/c1-24-13-15(11-23-24)18(27)25(2)17-7-9-26(10-8-17)12-14-3-5-16(6-4-14)19(20,21)22/h3-6,11,13,17H,7-10,12H2,1-2H3. The number of alkyl halides is 3. The van der Waals surface area contributed by atoms with Gasteiger partial charge in [0.05, 0.1) is 17.3 Å². The number of likely N-dealkylation sites (tertiary alicyclic amines) is 1. The molecule has 27 heavy (non-hydrogen) atoms. The van der Waals surface area contributed by atoms with Crippen LogP contribution in [0.2, 0.25) is 0 Å². The van der Waals surface area contributed by atoms with E-state index in [1.165, 1.54) is 12.1 Å². The molecule has 3 rings (SSSR count). The van der Waals surface area contributed by atoms with Gasteiger partial charge in [0.2, 0.25) is 0 Å². The van der Waals surface area contributed by atoms with Gasteiger partial charge in [0, 0.05) is 46.0 Å². The van der Waals surface area contributed by atoms with Crippen LogP contribution in [0.5, 0.6) is 0 Å². The molecule has 0 saturated carbocycles. The average molecular weight is 380 g/mol. The van der Waals surface area contributed by atoms with Gasteiger partial charge in [-0.25, -0.2) is 0 Å². The summed E-state index contributed by atoms with van der Waals surface area (Å²) < 4.78 is 39.5. The highest BCUT2D eigenvalue weighted by Crippen LogP contribution is 2.29. The van der Waals surface area contributed by atoms with Crippen molar-refractivity contribution >= 4 is 5.91 Å². The fourth-order valence-electron chi connectivity index (χ4n) is 3.42. The van der Waals surface area contributed by atoms with Gasteiger partial charge in [-0.15, -0.1) is 0 Å². The molecule has 1 aromatic heterocycles. The molecule has 0 atom stereocenters. The smallest absolute Gasteiger partial charge is 0.339 e. The first-order valence-electron chi connectivity index (χ1n) is 8.88. The Balaban J connectivity index is 1.52. The molecule has 5 nitrogen and oxygen atoms in total. The van der Waals surface area contributed by atoms with Gasteiger partial charge < -0.3 is 4.90 Å². The number of carbonyl (C=O) groups excluding carboxylic acids is 1. The number of piperidine rings is 1. The predicted molar refractivity (Wildman–Crippen MR) is 95.0 cm³/mol. The number of nitrogens with zero attached hydrogens (tertiary/aromatic N) is 4. The first kappa shape index (κ1) is 19.4. The minimum atomic E-state index is -4.30. The quantitative estimate of drug-likeness (QED) is 0.818. The minimum Gasteiger partial charge on any atom is -0.339 e. The van der Waals surface area contributed by atoms with Crippen LogP contribution in [0, 0.1) is 0 Å². The molecule has 1 amide bonds. The minimum absolute atomic E-state index is 0.0377. The Morgan fingerprint density at radius 1 is 1.22 bits per heavy atom. The van der Waals surface area contributed by atoms with Gasteiger partial charge in [-0.2, -0.15) is 18.3 Å². The van der Waals surface area contributed by atoms with Crippen LogP contribution in [0.3, 0.4) is 0 Å². The topological polar surface area (TPSA) is 41.4 Å². The van der Waals surface area contributed by atoms with E-state index >= 15 is 0 Å². The summed E-state index contributed by atoms with van der Waals surface area (Å²) in [6, 6.07) is 5.48. The Hall–Kier alpha value is -2.35. The monoisotopic (exact) mass is 380 g/mol. The van der Waals surface area contributed by atoms with Crippen molar-refractivity contribution in [1.82, 2.24) is 19.6 Å². The maximum atomic E-state index is 12.6. The Morgan fingerprint density at radius 3 is 2.37 bits per heavy atom. The van der Waals surface area contributed by atoms with Crippen molar-refractivity contribution in [2.45, 2.75) is 31.6 Å². The summed E-state index contributed by atoms with van der Waals surface area (Å²) >= 11 is 0. The number of aryl methyl sites for hydroxylation is 1. The number of amides is 1. The van der Waals surface area contributed by atoms with Gasteiger partial charge in [0.15, 0.2) is 0 Å². The van der Waals surface area contributed by atoms with Crippen molar-refractivity contribution in [2.24, 2.45) is 7.05 Å². The lowest BCUT2D eigenvalue weighted by Crippen LogP contribution is -2.45. The van der Waals surface area contributed by atoms with E-state index in [2.05, 4.69) is 10.00 Å². The molecule has 1 aliphatic heterocycles. The van der Waals surface area contributed by atoms with Crippen LogP contribution in [0.25, 0.3) is 0 Å². The summed E-state index contributed by atoms with van der Waals surface area (Å²) in [5.41, 5.74) is 0.814. The van der Waals surface area contributed by atoms with Crippen molar-refractivity contribution < 1.29 is 18.0 Å². The zero-order valence-corrected chi connectivity index (χ0v) is 15.4. The van der Waals surface area contributed by atoms with E-state index in [1.807, 2.05) is 7.05 Å². The average Bonchev–Trinajstić information content (AvgIpc) is 3.07.